The van der Waals surface area contributed by atoms with E-state index in [4.69, 9.17) is 5.11 Å². The Bertz CT molecular complexity index is 480. The van der Waals surface area contributed by atoms with Crippen molar-refractivity contribution in [3.05, 3.63) is 35.1 Å². The highest BCUT2D eigenvalue weighted by Crippen LogP contribution is 2.30. The maximum Gasteiger partial charge on any atom is 0.416 e. The largest absolute Gasteiger partial charge is 0.416 e. The fourth-order valence-corrected chi connectivity index (χ4v) is 2.28. The van der Waals surface area contributed by atoms with E-state index in [1.54, 1.807) is 0 Å². The SMILES string of the molecule is O=C(NCCSCCCO)c1cc(F)cc(C(F)(F)F)c1. The Labute approximate surface area is 123 Å². The third-order valence-electron chi connectivity index (χ3n) is 2.47. The number of nitrogens with one attached hydrogen (secondary N) is 1. The molecule has 0 bridgehead atoms. The number of halogens is 4. The van der Waals surface area contributed by atoms with Crippen molar-refractivity contribution in [1.82, 2.24) is 5.32 Å². The number of aliphatic hydroxyl groups is 1. The smallest absolute Gasteiger partial charge is 0.396 e. The monoisotopic (exact) mass is 325 g/mol. The van der Waals surface area contributed by atoms with Gasteiger partial charge in [-0.1, -0.05) is 0 Å². The first kappa shape index (κ1) is 17.8. The lowest BCUT2D eigenvalue weighted by atomic mass is 10.1. The van der Waals surface area contributed by atoms with Crippen LogP contribution in [-0.2, 0) is 6.18 Å². The molecule has 2 N–H and O–H groups in total. The number of rotatable bonds is 7. The van der Waals surface area contributed by atoms with Crippen LogP contribution in [0.4, 0.5) is 17.6 Å². The minimum absolute atomic E-state index is 0.0862. The van der Waals surface area contributed by atoms with Crippen LogP contribution in [0.1, 0.15) is 22.3 Å². The second kappa shape index (κ2) is 8.23. The summed E-state index contributed by atoms with van der Waals surface area (Å²) in [5, 5.41) is 11.0. The second-order valence-corrected chi connectivity index (χ2v) is 5.40. The predicted molar refractivity (Wildman–Crippen MR) is 72.8 cm³/mol. The van der Waals surface area contributed by atoms with Gasteiger partial charge in [-0.2, -0.15) is 24.9 Å². The molecule has 0 aliphatic rings. The van der Waals surface area contributed by atoms with Gasteiger partial charge in [0, 0.05) is 24.5 Å². The number of benzene rings is 1. The van der Waals surface area contributed by atoms with Crippen molar-refractivity contribution in [2.24, 2.45) is 0 Å². The Kier molecular flexibility index (Phi) is 6.97. The number of aliphatic hydroxyl groups excluding tert-OH is 1. The summed E-state index contributed by atoms with van der Waals surface area (Å²) in [6.45, 7) is 0.343. The van der Waals surface area contributed by atoms with Crippen molar-refractivity contribution in [3.8, 4) is 0 Å². The van der Waals surface area contributed by atoms with Gasteiger partial charge in [0.25, 0.3) is 5.91 Å². The standard InChI is InChI=1S/C13H15F4NO2S/c14-11-7-9(6-10(8-11)13(15,16)17)12(20)18-2-5-21-4-1-3-19/h6-8,19H,1-5H2,(H,18,20). The van der Waals surface area contributed by atoms with Crippen LogP contribution in [0.25, 0.3) is 0 Å². The van der Waals surface area contributed by atoms with Gasteiger partial charge < -0.3 is 10.4 Å². The lowest BCUT2D eigenvalue weighted by Crippen LogP contribution is -2.26. The Morgan fingerprint density at radius 1 is 1.24 bits per heavy atom. The van der Waals surface area contributed by atoms with Crippen LogP contribution < -0.4 is 5.32 Å². The number of hydrogen-bond donors (Lipinski definition) is 2. The zero-order valence-corrected chi connectivity index (χ0v) is 11.9. The summed E-state index contributed by atoms with van der Waals surface area (Å²) in [6, 6.07) is 1.74. The summed E-state index contributed by atoms with van der Waals surface area (Å²) >= 11 is 1.50. The number of thioether (sulfide) groups is 1. The molecule has 0 saturated heterocycles. The van der Waals surface area contributed by atoms with Crippen LogP contribution in [0.3, 0.4) is 0 Å². The maximum atomic E-state index is 13.1. The van der Waals surface area contributed by atoms with E-state index in [1.807, 2.05) is 0 Å². The van der Waals surface area contributed by atoms with Crippen molar-refractivity contribution in [1.29, 1.82) is 0 Å². The number of carbonyl (C=O) groups is 1. The molecule has 0 unspecified atom stereocenters. The zero-order valence-electron chi connectivity index (χ0n) is 11.0. The van der Waals surface area contributed by atoms with Gasteiger partial charge in [-0.05, 0) is 30.4 Å². The highest BCUT2D eigenvalue weighted by Gasteiger charge is 2.31. The Morgan fingerprint density at radius 3 is 2.57 bits per heavy atom. The van der Waals surface area contributed by atoms with Crippen LogP contribution in [0.5, 0.6) is 0 Å². The van der Waals surface area contributed by atoms with Gasteiger partial charge in [0.05, 0.1) is 5.56 Å². The van der Waals surface area contributed by atoms with Crippen LogP contribution in [0, 0.1) is 5.82 Å². The number of amides is 1. The van der Waals surface area contributed by atoms with E-state index in [1.165, 1.54) is 11.8 Å². The third-order valence-corrected chi connectivity index (χ3v) is 3.54. The van der Waals surface area contributed by atoms with E-state index in [0.717, 1.165) is 11.8 Å². The molecule has 0 saturated carbocycles. The number of hydrogen-bond acceptors (Lipinski definition) is 3. The summed E-state index contributed by atoms with van der Waals surface area (Å²) in [5.74, 6) is -0.562. The van der Waals surface area contributed by atoms with E-state index in [2.05, 4.69) is 5.32 Å². The fraction of sp³-hybridized carbons (Fsp3) is 0.462. The Hall–Kier alpha value is -1.28. The van der Waals surface area contributed by atoms with Crippen molar-refractivity contribution < 1.29 is 27.5 Å². The van der Waals surface area contributed by atoms with Crippen molar-refractivity contribution in [2.75, 3.05) is 24.7 Å². The molecule has 0 atom stereocenters. The quantitative estimate of drug-likeness (QED) is 0.599. The molecule has 0 aliphatic carbocycles. The van der Waals surface area contributed by atoms with Crippen molar-refractivity contribution in [2.45, 2.75) is 12.6 Å². The van der Waals surface area contributed by atoms with E-state index < -0.39 is 23.5 Å². The maximum absolute atomic E-state index is 13.1. The van der Waals surface area contributed by atoms with Gasteiger partial charge in [-0.15, -0.1) is 0 Å². The first-order chi connectivity index (χ1) is 9.84. The molecule has 118 valence electrons. The molecule has 3 nitrogen and oxygen atoms in total. The van der Waals surface area contributed by atoms with E-state index in [-0.39, 0.29) is 18.7 Å². The fourth-order valence-electron chi connectivity index (χ4n) is 1.49. The number of carbonyl (C=O) groups excluding carboxylic acids is 1. The molecule has 0 spiro atoms. The molecule has 0 aromatic heterocycles. The lowest BCUT2D eigenvalue weighted by molar-refractivity contribution is -0.137. The molecule has 1 aromatic rings. The molecule has 0 heterocycles. The normalized spacial score (nSPS) is 11.5. The van der Waals surface area contributed by atoms with E-state index >= 15 is 0 Å². The van der Waals surface area contributed by atoms with Crippen LogP contribution in [0.2, 0.25) is 0 Å². The van der Waals surface area contributed by atoms with Crippen LogP contribution >= 0.6 is 11.8 Å². The van der Waals surface area contributed by atoms with Crippen LogP contribution in [-0.4, -0.2) is 35.7 Å². The summed E-state index contributed by atoms with van der Waals surface area (Å²) in [5.41, 5.74) is -1.55. The summed E-state index contributed by atoms with van der Waals surface area (Å²) < 4.78 is 50.7. The summed E-state index contributed by atoms with van der Waals surface area (Å²) in [7, 11) is 0. The minimum atomic E-state index is -4.70. The van der Waals surface area contributed by atoms with Gasteiger partial charge in [0.15, 0.2) is 0 Å². The zero-order chi connectivity index (χ0) is 15.9. The molecule has 8 heteroatoms. The minimum Gasteiger partial charge on any atom is -0.396 e. The van der Waals surface area contributed by atoms with Crippen molar-refractivity contribution in [3.63, 3.8) is 0 Å². The molecule has 0 radical (unpaired) electrons. The Morgan fingerprint density at radius 2 is 1.95 bits per heavy atom. The molecular weight excluding hydrogens is 310 g/mol. The van der Waals surface area contributed by atoms with Gasteiger partial charge in [0.1, 0.15) is 5.82 Å². The molecule has 0 fully saturated rings. The topological polar surface area (TPSA) is 49.3 Å². The highest BCUT2D eigenvalue weighted by molar-refractivity contribution is 7.99. The Balaban J connectivity index is 2.56. The van der Waals surface area contributed by atoms with E-state index in [9.17, 15) is 22.4 Å². The van der Waals surface area contributed by atoms with Gasteiger partial charge in [-0.25, -0.2) is 4.39 Å². The molecular formula is C13H15F4NO2S. The molecule has 0 aliphatic heterocycles. The van der Waals surface area contributed by atoms with Gasteiger partial charge in [0.2, 0.25) is 0 Å². The van der Waals surface area contributed by atoms with Gasteiger partial charge >= 0.3 is 6.18 Å². The first-order valence-corrected chi connectivity index (χ1v) is 7.34. The molecule has 1 rings (SSSR count). The average Bonchev–Trinajstić information content (AvgIpc) is 2.40. The molecule has 21 heavy (non-hydrogen) atoms. The highest BCUT2D eigenvalue weighted by atomic mass is 32.2. The van der Waals surface area contributed by atoms with Gasteiger partial charge in [-0.3, -0.25) is 4.79 Å². The predicted octanol–water partition coefficient (Wildman–Crippen LogP) is 2.69. The van der Waals surface area contributed by atoms with Crippen molar-refractivity contribution >= 4 is 17.7 Å². The summed E-state index contributed by atoms with van der Waals surface area (Å²) in [4.78, 5) is 11.7. The third kappa shape index (κ3) is 6.34. The van der Waals surface area contributed by atoms with Crippen LogP contribution in [0.15, 0.2) is 18.2 Å². The lowest BCUT2D eigenvalue weighted by Gasteiger charge is -2.10. The average molecular weight is 325 g/mol. The number of alkyl halides is 3. The summed E-state index contributed by atoms with van der Waals surface area (Å²) in [6.07, 6.45) is -4.06. The molecule has 1 amide bonds. The van der Waals surface area contributed by atoms with E-state index in [0.29, 0.717) is 24.3 Å². The second-order valence-electron chi connectivity index (χ2n) is 4.17. The molecule has 1 aromatic carbocycles. The first-order valence-electron chi connectivity index (χ1n) is 6.19.